The maximum Gasteiger partial charge on any atom is 0.145 e. The van der Waals surface area contributed by atoms with E-state index >= 15 is 0 Å². The Morgan fingerprint density at radius 1 is 1.24 bits per heavy atom. The Bertz CT molecular complexity index is 825. The van der Waals surface area contributed by atoms with Gasteiger partial charge in [-0.15, -0.1) is 11.3 Å². The van der Waals surface area contributed by atoms with Crippen LogP contribution in [0.3, 0.4) is 0 Å². The largest absolute Gasteiger partial charge is 0.304 e. The number of aromatic nitrogens is 2. The summed E-state index contributed by atoms with van der Waals surface area (Å²) < 4.78 is 1.37. The molecule has 0 amide bonds. The molecule has 1 fully saturated rings. The van der Waals surface area contributed by atoms with Gasteiger partial charge in [0.05, 0.1) is 11.7 Å². The highest BCUT2D eigenvalue weighted by Gasteiger charge is 2.28. The highest BCUT2D eigenvalue weighted by molar-refractivity contribution is 7.19. The molecule has 0 N–H and O–H groups in total. The van der Waals surface area contributed by atoms with Gasteiger partial charge >= 0.3 is 0 Å². The minimum atomic E-state index is 0.340. The van der Waals surface area contributed by atoms with E-state index in [9.17, 15) is 0 Å². The van der Waals surface area contributed by atoms with Gasteiger partial charge in [-0.3, -0.25) is 4.90 Å². The SMILES string of the molecule is CN(C)Cc1ccnc([C@@H]2CCCN2Cc2cc3ccccc3s2)n1. The molecule has 4 rings (SSSR count). The highest BCUT2D eigenvalue weighted by Crippen LogP contribution is 2.34. The van der Waals surface area contributed by atoms with Gasteiger partial charge in [0.2, 0.25) is 0 Å². The lowest BCUT2D eigenvalue weighted by molar-refractivity contribution is 0.241. The van der Waals surface area contributed by atoms with Crippen molar-refractivity contribution in [2.24, 2.45) is 0 Å². The van der Waals surface area contributed by atoms with Gasteiger partial charge in [0, 0.05) is 28.9 Å². The Kier molecular flexibility index (Phi) is 4.79. The first-order valence-corrected chi connectivity index (χ1v) is 9.69. The molecule has 0 spiro atoms. The summed E-state index contributed by atoms with van der Waals surface area (Å²) in [6.45, 7) is 2.98. The monoisotopic (exact) mass is 352 g/mol. The first-order chi connectivity index (χ1) is 12.2. The molecule has 1 aromatic carbocycles. The van der Waals surface area contributed by atoms with Crippen molar-refractivity contribution < 1.29 is 0 Å². The van der Waals surface area contributed by atoms with Crippen LogP contribution >= 0.6 is 11.3 Å². The zero-order valence-corrected chi connectivity index (χ0v) is 15.7. The van der Waals surface area contributed by atoms with Gasteiger partial charge in [-0.1, -0.05) is 18.2 Å². The molecule has 130 valence electrons. The van der Waals surface area contributed by atoms with Crippen molar-refractivity contribution in [3.63, 3.8) is 0 Å². The van der Waals surface area contributed by atoms with Crippen LogP contribution in [0.5, 0.6) is 0 Å². The molecule has 0 unspecified atom stereocenters. The first-order valence-electron chi connectivity index (χ1n) is 8.87. The van der Waals surface area contributed by atoms with E-state index in [1.807, 2.05) is 23.6 Å². The van der Waals surface area contributed by atoms with Crippen LogP contribution in [0.15, 0.2) is 42.6 Å². The summed E-state index contributed by atoms with van der Waals surface area (Å²) in [5.41, 5.74) is 1.10. The van der Waals surface area contributed by atoms with Crippen molar-refractivity contribution >= 4 is 21.4 Å². The van der Waals surface area contributed by atoms with Crippen molar-refractivity contribution in [2.45, 2.75) is 32.0 Å². The van der Waals surface area contributed by atoms with E-state index < -0.39 is 0 Å². The molecule has 0 aliphatic carbocycles. The van der Waals surface area contributed by atoms with Crippen LogP contribution in [0.4, 0.5) is 0 Å². The van der Waals surface area contributed by atoms with Crippen LogP contribution in [0.2, 0.25) is 0 Å². The number of nitrogens with zero attached hydrogens (tertiary/aromatic N) is 4. The molecule has 1 saturated heterocycles. The van der Waals surface area contributed by atoms with E-state index in [2.05, 4.69) is 59.2 Å². The average Bonchev–Trinajstić information content (AvgIpc) is 3.20. The zero-order chi connectivity index (χ0) is 17.2. The van der Waals surface area contributed by atoms with Gasteiger partial charge < -0.3 is 4.90 Å². The topological polar surface area (TPSA) is 32.3 Å². The van der Waals surface area contributed by atoms with Crippen LogP contribution in [0.1, 0.15) is 35.3 Å². The molecule has 5 heteroatoms. The Morgan fingerprint density at radius 3 is 2.96 bits per heavy atom. The zero-order valence-electron chi connectivity index (χ0n) is 14.9. The third-order valence-corrected chi connectivity index (χ3v) is 5.81. The van der Waals surface area contributed by atoms with Crippen LogP contribution in [-0.2, 0) is 13.1 Å². The number of likely N-dealkylation sites (tertiary alicyclic amines) is 1. The predicted molar refractivity (Wildman–Crippen MR) is 104 cm³/mol. The molecule has 0 bridgehead atoms. The summed E-state index contributed by atoms with van der Waals surface area (Å²) in [7, 11) is 4.15. The van der Waals surface area contributed by atoms with Gasteiger partial charge in [-0.25, -0.2) is 9.97 Å². The number of fused-ring (bicyclic) bond motifs is 1. The number of rotatable bonds is 5. The van der Waals surface area contributed by atoms with E-state index in [4.69, 9.17) is 4.98 Å². The lowest BCUT2D eigenvalue weighted by Crippen LogP contribution is -2.24. The van der Waals surface area contributed by atoms with Crippen LogP contribution in [0.25, 0.3) is 10.1 Å². The maximum atomic E-state index is 4.84. The second-order valence-electron chi connectivity index (χ2n) is 7.02. The Labute approximate surface area is 153 Å². The van der Waals surface area contributed by atoms with Gasteiger partial charge in [-0.2, -0.15) is 0 Å². The summed E-state index contributed by atoms with van der Waals surface area (Å²) in [5, 5.41) is 1.35. The molecule has 1 aliphatic heterocycles. The van der Waals surface area contributed by atoms with E-state index in [0.717, 1.165) is 37.6 Å². The number of benzene rings is 1. The van der Waals surface area contributed by atoms with Crippen LogP contribution < -0.4 is 0 Å². The molecule has 2 aromatic heterocycles. The molecule has 1 atom stereocenters. The Hall–Kier alpha value is -1.82. The molecule has 25 heavy (non-hydrogen) atoms. The normalized spacial score (nSPS) is 18.4. The minimum Gasteiger partial charge on any atom is -0.304 e. The predicted octanol–water partition coefficient (Wildman–Crippen LogP) is 4.09. The number of hydrogen-bond acceptors (Lipinski definition) is 5. The Morgan fingerprint density at radius 2 is 2.12 bits per heavy atom. The fourth-order valence-electron chi connectivity index (χ4n) is 3.61. The summed E-state index contributed by atoms with van der Waals surface area (Å²) >= 11 is 1.90. The summed E-state index contributed by atoms with van der Waals surface area (Å²) in [6.07, 6.45) is 4.28. The third kappa shape index (κ3) is 3.73. The molecular weight excluding hydrogens is 328 g/mol. The number of thiophene rings is 1. The van der Waals surface area contributed by atoms with Crippen molar-refractivity contribution in [3.8, 4) is 0 Å². The summed E-state index contributed by atoms with van der Waals surface area (Å²) in [4.78, 5) is 15.6. The molecule has 0 saturated carbocycles. The molecular formula is C20H24N4S. The molecule has 1 aliphatic rings. The van der Waals surface area contributed by atoms with E-state index in [-0.39, 0.29) is 0 Å². The smallest absolute Gasteiger partial charge is 0.145 e. The van der Waals surface area contributed by atoms with Crippen molar-refractivity contribution in [2.75, 3.05) is 20.6 Å². The van der Waals surface area contributed by atoms with Crippen molar-refractivity contribution in [3.05, 3.63) is 59.0 Å². The lowest BCUT2D eigenvalue weighted by atomic mass is 10.2. The fourth-order valence-corrected chi connectivity index (χ4v) is 4.70. The van der Waals surface area contributed by atoms with E-state index in [1.165, 1.54) is 21.4 Å². The number of hydrogen-bond donors (Lipinski definition) is 0. The quantitative estimate of drug-likeness (QED) is 0.692. The van der Waals surface area contributed by atoms with Gasteiger partial charge in [0.1, 0.15) is 5.82 Å². The van der Waals surface area contributed by atoms with E-state index in [0.29, 0.717) is 6.04 Å². The molecule has 3 aromatic rings. The molecule has 3 heterocycles. The molecule has 0 radical (unpaired) electrons. The van der Waals surface area contributed by atoms with Crippen molar-refractivity contribution in [1.29, 1.82) is 0 Å². The second-order valence-corrected chi connectivity index (χ2v) is 8.19. The standard InChI is InChI=1S/C20H24N4S/c1-23(2)13-16-9-10-21-20(22-16)18-7-5-11-24(18)14-17-12-15-6-3-4-8-19(15)25-17/h3-4,6,8-10,12,18H,5,7,11,13-14H2,1-2H3/t18-/m0/s1. The lowest BCUT2D eigenvalue weighted by Gasteiger charge is -2.23. The van der Waals surface area contributed by atoms with Crippen LogP contribution in [-0.4, -0.2) is 40.4 Å². The van der Waals surface area contributed by atoms with E-state index in [1.54, 1.807) is 0 Å². The second kappa shape index (κ2) is 7.20. The Balaban J connectivity index is 1.54. The fraction of sp³-hybridized carbons (Fsp3) is 0.400. The highest BCUT2D eigenvalue weighted by atomic mass is 32.1. The first kappa shape index (κ1) is 16.6. The average molecular weight is 353 g/mol. The third-order valence-electron chi connectivity index (χ3n) is 4.71. The van der Waals surface area contributed by atoms with Crippen LogP contribution in [0, 0.1) is 0 Å². The minimum absolute atomic E-state index is 0.340. The van der Waals surface area contributed by atoms with Gasteiger partial charge in [0.25, 0.3) is 0 Å². The summed E-state index contributed by atoms with van der Waals surface area (Å²) in [6, 6.07) is 13.3. The summed E-state index contributed by atoms with van der Waals surface area (Å²) in [5.74, 6) is 0.984. The van der Waals surface area contributed by atoms with Gasteiger partial charge in [0.15, 0.2) is 0 Å². The van der Waals surface area contributed by atoms with Gasteiger partial charge in [-0.05, 0) is 57.1 Å². The molecule has 4 nitrogen and oxygen atoms in total. The van der Waals surface area contributed by atoms with Crippen molar-refractivity contribution in [1.82, 2.24) is 19.8 Å². The maximum absolute atomic E-state index is 4.84.